The molecule has 0 saturated heterocycles. The normalized spacial score (nSPS) is 13.8. The molecule has 0 aliphatic rings. The van der Waals surface area contributed by atoms with Crippen LogP contribution in [0.15, 0.2) is 23.3 Å². The minimum absolute atomic E-state index is 0.166. The van der Waals surface area contributed by atoms with Crippen LogP contribution in [0.5, 0.6) is 5.75 Å². The van der Waals surface area contributed by atoms with E-state index in [1.807, 2.05) is 18.2 Å². The van der Waals surface area contributed by atoms with Gasteiger partial charge in [0.25, 0.3) is 5.56 Å². The highest BCUT2D eigenvalue weighted by Crippen LogP contribution is 2.39. The van der Waals surface area contributed by atoms with Gasteiger partial charge in [0.1, 0.15) is 12.1 Å². The highest BCUT2D eigenvalue weighted by Gasteiger charge is 2.26. The van der Waals surface area contributed by atoms with Gasteiger partial charge in [-0.05, 0) is 34.6 Å². The summed E-state index contributed by atoms with van der Waals surface area (Å²) in [5.41, 5.74) is 2.06. The van der Waals surface area contributed by atoms with E-state index in [1.165, 1.54) is 22.2 Å². The highest BCUT2D eigenvalue weighted by atomic mass is 32.1. The van der Waals surface area contributed by atoms with E-state index in [1.54, 1.807) is 0 Å². The van der Waals surface area contributed by atoms with Gasteiger partial charge in [-0.2, -0.15) is 9.61 Å². The zero-order valence-electron chi connectivity index (χ0n) is 15.4. The summed E-state index contributed by atoms with van der Waals surface area (Å²) in [7, 11) is 0. The predicted molar refractivity (Wildman–Crippen MR) is 101 cm³/mol. The maximum absolute atomic E-state index is 12.4. The fourth-order valence-electron chi connectivity index (χ4n) is 2.81. The Hall–Kier alpha value is -2.21. The molecule has 3 aromatic rings. The van der Waals surface area contributed by atoms with Crippen molar-refractivity contribution in [3.63, 3.8) is 0 Å². The molecule has 0 spiro atoms. The van der Waals surface area contributed by atoms with E-state index in [-0.39, 0.29) is 16.4 Å². The molecule has 0 saturated carbocycles. The SMILES string of the molecule is CC(C)(C)c1cc(/C=c2/sc3ncnn3c2=O)cc(C(C)(C)C)c1O. The van der Waals surface area contributed by atoms with Crippen LogP contribution in [0.25, 0.3) is 11.0 Å². The molecular weight excluding hydrogens is 334 g/mol. The van der Waals surface area contributed by atoms with Gasteiger partial charge in [0.05, 0.1) is 4.53 Å². The number of nitrogens with zero attached hydrogens (tertiary/aromatic N) is 3. The fraction of sp³-hybridized carbons (Fsp3) is 0.421. The Kier molecular flexibility index (Phi) is 3.99. The van der Waals surface area contributed by atoms with Gasteiger partial charge in [-0.1, -0.05) is 52.9 Å². The van der Waals surface area contributed by atoms with Gasteiger partial charge in [-0.15, -0.1) is 0 Å². The summed E-state index contributed by atoms with van der Waals surface area (Å²) in [5, 5.41) is 14.7. The van der Waals surface area contributed by atoms with Crippen molar-refractivity contribution in [2.24, 2.45) is 0 Å². The molecule has 5 nitrogen and oxygen atoms in total. The minimum atomic E-state index is -0.209. The van der Waals surface area contributed by atoms with Crippen molar-refractivity contribution < 1.29 is 5.11 Å². The first kappa shape index (κ1) is 17.6. The lowest BCUT2D eigenvalue weighted by atomic mass is 9.78. The third kappa shape index (κ3) is 3.18. The monoisotopic (exact) mass is 357 g/mol. The lowest BCUT2D eigenvalue weighted by Crippen LogP contribution is -2.24. The first-order valence-corrected chi connectivity index (χ1v) is 9.02. The summed E-state index contributed by atoms with van der Waals surface area (Å²) in [6.45, 7) is 12.4. The number of thiazole rings is 1. The highest BCUT2D eigenvalue weighted by molar-refractivity contribution is 7.15. The average molecular weight is 357 g/mol. The van der Waals surface area contributed by atoms with Crippen LogP contribution in [-0.4, -0.2) is 19.7 Å². The molecule has 132 valence electrons. The first-order chi connectivity index (χ1) is 11.5. The number of hydrogen-bond donors (Lipinski definition) is 1. The largest absolute Gasteiger partial charge is 0.507 e. The number of rotatable bonds is 1. The van der Waals surface area contributed by atoms with Crippen molar-refractivity contribution in [3.05, 3.63) is 50.0 Å². The summed E-state index contributed by atoms with van der Waals surface area (Å²) in [6.07, 6.45) is 3.24. The second-order valence-electron chi connectivity index (χ2n) is 8.33. The van der Waals surface area contributed by atoms with Gasteiger partial charge in [-0.3, -0.25) is 4.79 Å². The first-order valence-electron chi connectivity index (χ1n) is 8.21. The molecule has 2 heterocycles. The molecular formula is C19H23N3O2S. The topological polar surface area (TPSA) is 67.5 Å². The molecule has 2 aromatic heterocycles. The molecule has 3 rings (SSSR count). The van der Waals surface area contributed by atoms with Crippen LogP contribution in [0.4, 0.5) is 0 Å². The second-order valence-corrected chi connectivity index (χ2v) is 9.34. The van der Waals surface area contributed by atoms with E-state index in [9.17, 15) is 9.90 Å². The number of fused-ring (bicyclic) bond motifs is 1. The number of benzene rings is 1. The van der Waals surface area contributed by atoms with Crippen molar-refractivity contribution in [2.45, 2.75) is 52.4 Å². The van der Waals surface area contributed by atoms with Crippen molar-refractivity contribution in [1.82, 2.24) is 14.6 Å². The minimum Gasteiger partial charge on any atom is -0.507 e. The third-order valence-corrected chi connectivity index (χ3v) is 5.14. The Balaban J connectivity index is 2.29. The van der Waals surface area contributed by atoms with Crippen molar-refractivity contribution in [3.8, 4) is 5.75 Å². The van der Waals surface area contributed by atoms with Crippen molar-refractivity contribution in [2.75, 3.05) is 0 Å². The van der Waals surface area contributed by atoms with E-state index in [0.29, 0.717) is 15.2 Å². The molecule has 0 radical (unpaired) electrons. The number of phenols is 1. The van der Waals surface area contributed by atoms with Crippen molar-refractivity contribution in [1.29, 1.82) is 0 Å². The molecule has 0 fully saturated rings. The summed E-state index contributed by atoms with van der Waals surface area (Å²) in [4.78, 5) is 17.1. The quantitative estimate of drug-likeness (QED) is 0.727. The zero-order chi connectivity index (χ0) is 18.6. The summed E-state index contributed by atoms with van der Waals surface area (Å²) >= 11 is 1.32. The maximum Gasteiger partial charge on any atom is 0.291 e. The van der Waals surface area contributed by atoms with E-state index >= 15 is 0 Å². The smallest absolute Gasteiger partial charge is 0.291 e. The van der Waals surface area contributed by atoms with Crippen LogP contribution in [0, 0.1) is 0 Å². The maximum atomic E-state index is 12.4. The Morgan fingerprint density at radius 3 is 2.12 bits per heavy atom. The van der Waals surface area contributed by atoms with Gasteiger partial charge in [0.2, 0.25) is 4.96 Å². The van der Waals surface area contributed by atoms with Crippen LogP contribution in [0.3, 0.4) is 0 Å². The van der Waals surface area contributed by atoms with Gasteiger partial charge >= 0.3 is 0 Å². The van der Waals surface area contributed by atoms with Gasteiger partial charge in [-0.25, -0.2) is 4.98 Å². The summed E-state index contributed by atoms with van der Waals surface area (Å²) < 4.78 is 1.90. The third-order valence-electron chi connectivity index (χ3n) is 4.17. The Morgan fingerprint density at radius 2 is 1.64 bits per heavy atom. The molecule has 0 aliphatic heterocycles. The van der Waals surface area contributed by atoms with Crippen molar-refractivity contribution >= 4 is 22.4 Å². The molecule has 25 heavy (non-hydrogen) atoms. The number of aromatic hydroxyl groups is 1. The van der Waals surface area contributed by atoms with E-state index in [4.69, 9.17) is 0 Å². The predicted octanol–water partition coefficient (Wildman–Crippen LogP) is 3.00. The number of aromatic nitrogens is 3. The lowest BCUT2D eigenvalue weighted by molar-refractivity contribution is 0.423. The standard InChI is InChI=1S/C19H23N3O2S/c1-18(2,3)12-7-11(8-13(15(12)23)19(4,5)6)9-14-16(24)22-17(25-14)20-10-21-22/h7-10,23H,1-6H3/b14-9+. The molecule has 0 aliphatic carbocycles. The fourth-order valence-corrected chi connectivity index (χ4v) is 3.69. The molecule has 0 amide bonds. The Bertz CT molecular complexity index is 1010. The molecule has 0 atom stereocenters. The summed E-state index contributed by atoms with van der Waals surface area (Å²) in [5.74, 6) is 0.335. The Labute approximate surface area is 150 Å². The molecule has 0 bridgehead atoms. The second kappa shape index (κ2) is 5.66. The number of hydrogen-bond acceptors (Lipinski definition) is 5. The zero-order valence-corrected chi connectivity index (χ0v) is 16.2. The number of phenolic OH excluding ortho intramolecular Hbond substituents is 1. The molecule has 6 heteroatoms. The molecule has 1 N–H and O–H groups in total. The van der Waals surface area contributed by atoms with E-state index in [0.717, 1.165) is 16.7 Å². The van der Waals surface area contributed by atoms with Crippen LogP contribution < -0.4 is 10.1 Å². The molecule has 1 aromatic carbocycles. The summed E-state index contributed by atoms with van der Waals surface area (Å²) in [6, 6.07) is 3.92. The van der Waals surface area contributed by atoms with Gasteiger partial charge < -0.3 is 5.11 Å². The van der Waals surface area contributed by atoms with Gasteiger partial charge in [0.15, 0.2) is 0 Å². The Morgan fingerprint density at radius 1 is 1.08 bits per heavy atom. The lowest BCUT2D eigenvalue weighted by Gasteiger charge is -2.27. The van der Waals surface area contributed by atoms with E-state index < -0.39 is 0 Å². The molecule has 0 unspecified atom stereocenters. The van der Waals surface area contributed by atoms with Crippen LogP contribution >= 0.6 is 11.3 Å². The average Bonchev–Trinajstić information content (AvgIpc) is 3.02. The van der Waals surface area contributed by atoms with Crippen LogP contribution in [0.2, 0.25) is 0 Å². The van der Waals surface area contributed by atoms with E-state index in [2.05, 4.69) is 51.6 Å². The van der Waals surface area contributed by atoms with Crippen LogP contribution in [-0.2, 0) is 10.8 Å². The van der Waals surface area contributed by atoms with Gasteiger partial charge in [0, 0.05) is 11.1 Å². The van der Waals surface area contributed by atoms with Crippen LogP contribution in [0.1, 0.15) is 58.2 Å².